The number of carbonyl (C=O) groups excluding carboxylic acids is 1. The van der Waals surface area contributed by atoms with Gasteiger partial charge < -0.3 is 0 Å². The SMILES string of the molecule is CC1CC1N1CCC(=O)CC1C. The molecule has 2 fully saturated rings. The van der Waals surface area contributed by atoms with E-state index in [9.17, 15) is 4.79 Å². The lowest BCUT2D eigenvalue weighted by atomic mass is 10.0. The van der Waals surface area contributed by atoms with Crippen molar-refractivity contribution in [2.75, 3.05) is 6.54 Å². The first kappa shape index (κ1) is 8.24. The number of likely N-dealkylation sites (tertiary alicyclic amines) is 1. The molecule has 68 valence electrons. The van der Waals surface area contributed by atoms with Crippen LogP contribution in [0.1, 0.15) is 33.1 Å². The Bertz CT molecular complexity index is 202. The summed E-state index contributed by atoms with van der Waals surface area (Å²) in [6, 6.07) is 1.30. The number of ketones is 1. The average molecular weight is 167 g/mol. The third-order valence-corrected chi connectivity index (χ3v) is 3.23. The summed E-state index contributed by atoms with van der Waals surface area (Å²) in [5.41, 5.74) is 0. The molecular formula is C10H17NO. The van der Waals surface area contributed by atoms with Crippen LogP contribution in [0.15, 0.2) is 0 Å². The zero-order valence-electron chi connectivity index (χ0n) is 7.92. The normalized spacial score (nSPS) is 43.2. The van der Waals surface area contributed by atoms with E-state index in [2.05, 4.69) is 18.7 Å². The fourth-order valence-corrected chi connectivity index (χ4v) is 2.28. The molecule has 1 aliphatic heterocycles. The Balaban J connectivity index is 1.94. The van der Waals surface area contributed by atoms with Gasteiger partial charge in [-0.15, -0.1) is 0 Å². The van der Waals surface area contributed by atoms with Gasteiger partial charge in [-0.3, -0.25) is 9.69 Å². The molecule has 12 heavy (non-hydrogen) atoms. The molecule has 2 aliphatic rings. The highest BCUT2D eigenvalue weighted by molar-refractivity contribution is 5.79. The first-order chi connectivity index (χ1) is 5.68. The highest BCUT2D eigenvalue weighted by Crippen LogP contribution is 2.37. The number of Topliss-reactive ketones (excluding diaryl/α,β-unsaturated/α-hetero) is 1. The van der Waals surface area contributed by atoms with Gasteiger partial charge in [-0.25, -0.2) is 0 Å². The standard InChI is InChI=1S/C10H17NO/c1-7-5-10(7)11-4-3-9(12)6-8(11)2/h7-8,10H,3-6H2,1-2H3. The third kappa shape index (κ3) is 1.40. The predicted molar refractivity (Wildman–Crippen MR) is 48.0 cm³/mol. The molecule has 0 amide bonds. The van der Waals surface area contributed by atoms with Crippen molar-refractivity contribution in [2.45, 2.75) is 45.2 Å². The zero-order chi connectivity index (χ0) is 8.72. The number of rotatable bonds is 1. The maximum absolute atomic E-state index is 11.1. The van der Waals surface area contributed by atoms with Crippen LogP contribution in [-0.4, -0.2) is 29.3 Å². The average Bonchev–Trinajstić information content (AvgIpc) is 2.66. The fourth-order valence-electron chi connectivity index (χ4n) is 2.28. The monoisotopic (exact) mass is 167 g/mol. The number of piperidine rings is 1. The Morgan fingerprint density at radius 3 is 2.58 bits per heavy atom. The first-order valence-electron chi connectivity index (χ1n) is 4.96. The molecule has 0 aromatic rings. The minimum absolute atomic E-state index is 0.451. The highest BCUT2D eigenvalue weighted by Gasteiger charge is 2.41. The van der Waals surface area contributed by atoms with Crippen LogP contribution in [0.4, 0.5) is 0 Å². The van der Waals surface area contributed by atoms with E-state index < -0.39 is 0 Å². The lowest BCUT2D eigenvalue weighted by Crippen LogP contribution is -2.42. The Hall–Kier alpha value is -0.370. The van der Waals surface area contributed by atoms with Gasteiger partial charge in [-0.1, -0.05) is 6.92 Å². The summed E-state index contributed by atoms with van der Waals surface area (Å²) in [5, 5.41) is 0. The van der Waals surface area contributed by atoms with Crippen molar-refractivity contribution >= 4 is 5.78 Å². The molecule has 2 rings (SSSR count). The molecule has 0 radical (unpaired) electrons. The van der Waals surface area contributed by atoms with Gasteiger partial charge in [0.1, 0.15) is 5.78 Å². The summed E-state index contributed by atoms with van der Waals surface area (Å²) in [6.45, 7) is 5.49. The van der Waals surface area contributed by atoms with Crippen LogP contribution < -0.4 is 0 Å². The molecule has 1 saturated heterocycles. The number of carbonyl (C=O) groups is 1. The van der Waals surface area contributed by atoms with E-state index in [1.165, 1.54) is 6.42 Å². The summed E-state index contributed by atoms with van der Waals surface area (Å²) in [4.78, 5) is 13.6. The Morgan fingerprint density at radius 1 is 1.42 bits per heavy atom. The molecule has 1 saturated carbocycles. The number of hydrogen-bond donors (Lipinski definition) is 0. The summed E-state index contributed by atoms with van der Waals surface area (Å²) in [5.74, 6) is 1.33. The van der Waals surface area contributed by atoms with Gasteiger partial charge in [0.2, 0.25) is 0 Å². The van der Waals surface area contributed by atoms with Gasteiger partial charge in [0.15, 0.2) is 0 Å². The summed E-state index contributed by atoms with van der Waals surface area (Å²) in [7, 11) is 0. The molecule has 2 nitrogen and oxygen atoms in total. The van der Waals surface area contributed by atoms with Crippen molar-refractivity contribution in [2.24, 2.45) is 5.92 Å². The molecule has 3 atom stereocenters. The van der Waals surface area contributed by atoms with E-state index in [0.717, 1.165) is 31.3 Å². The zero-order valence-corrected chi connectivity index (χ0v) is 7.92. The van der Waals surface area contributed by atoms with E-state index >= 15 is 0 Å². The molecule has 0 spiro atoms. The van der Waals surface area contributed by atoms with Crippen LogP contribution in [0.3, 0.4) is 0 Å². The van der Waals surface area contributed by atoms with Crippen molar-refractivity contribution in [3.63, 3.8) is 0 Å². The van der Waals surface area contributed by atoms with Gasteiger partial charge in [-0.2, -0.15) is 0 Å². The maximum atomic E-state index is 11.1. The second-order valence-corrected chi connectivity index (χ2v) is 4.36. The Morgan fingerprint density at radius 2 is 2.08 bits per heavy atom. The topological polar surface area (TPSA) is 20.3 Å². The predicted octanol–water partition coefficient (Wildman–Crippen LogP) is 1.45. The van der Waals surface area contributed by atoms with Gasteiger partial charge in [0.05, 0.1) is 0 Å². The lowest BCUT2D eigenvalue weighted by Gasteiger charge is -2.32. The molecule has 1 aliphatic carbocycles. The minimum Gasteiger partial charge on any atom is -0.300 e. The smallest absolute Gasteiger partial charge is 0.135 e. The van der Waals surface area contributed by atoms with Crippen LogP contribution in [0.2, 0.25) is 0 Å². The van der Waals surface area contributed by atoms with E-state index in [4.69, 9.17) is 0 Å². The van der Waals surface area contributed by atoms with Crippen molar-refractivity contribution in [3.05, 3.63) is 0 Å². The summed E-state index contributed by atoms with van der Waals surface area (Å²) in [6.07, 6.45) is 2.91. The quantitative estimate of drug-likeness (QED) is 0.589. The second kappa shape index (κ2) is 2.84. The van der Waals surface area contributed by atoms with Crippen molar-refractivity contribution in [3.8, 4) is 0 Å². The van der Waals surface area contributed by atoms with Crippen LogP contribution in [0.25, 0.3) is 0 Å². The molecule has 0 N–H and O–H groups in total. The summed E-state index contributed by atoms with van der Waals surface area (Å²) >= 11 is 0. The fraction of sp³-hybridized carbons (Fsp3) is 0.900. The van der Waals surface area contributed by atoms with Crippen LogP contribution >= 0.6 is 0 Å². The van der Waals surface area contributed by atoms with Gasteiger partial charge in [0, 0.05) is 31.5 Å². The maximum Gasteiger partial charge on any atom is 0.135 e. The van der Waals surface area contributed by atoms with E-state index in [0.29, 0.717) is 11.8 Å². The molecular weight excluding hydrogens is 150 g/mol. The largest absolute Gasteiger partial charge is 0.300 e. The van der Waals surface area contributed by atoms with Crippen molar-refractivity contribution in [1.29, 1.82) is 0 Å². The van der Waals surface area contributed by atoms with Gasteiger partial charge in [-0.05, 0) is 19.3 Å². The molecule has 0 aromatic heterocycles. The third-order valence-electron chi connectivity index (χ3n) is 3.23. The molecule has 0 aromatic carbocycles. The van der Waals surface area contributed by atoms with Crippen LogP contribution in [0.5, 0.6) is 0 Å². The number of nitrogens with zero attached hydrogens (tertiary/aromatic N) is 1. The van der Waals surface area contributed by atoms with E-state index in [1.54, 1.807) is 0 Å². The van der Waals surface area contributed by atoms with E-state index in [-0.39, 0.29) is 0 Å². The molecule has 1 heterocycles. The van der Waals surface area contributed by atoms with Gasteiger partial charge in [0.25, 0.3) is 0 Å². The molecule has 3 unspecified atom stereocenters. The lowest BCUT2D eigenvalue weighted by molar-refractivity contribution is -0.123. The van der Waals surface area contributed by atoms with Crippen LogP contribution in [-0.2, 0) is 4.79 Å². The minimum atomic E-state index is 0.451. The summed E-state index contributed by atoms with van der Waals surface area (Å²) < 4.78 is 0. The molecule has 0 bridgehead atoms. The van der Waals surface area contributed by atoms with Crippen molar-refractivity contribution in [1.82, 2.24) is 4.90 Å². The number of hydrogen-bond acceptors (Lipinski definition) is 2. The molecule has 2 heteroatoms. The van der Waals surface area contributed by atoms with Gasteiger partial charge >= 0.3 is 0 Å². The van der Waals surface area contributed by atoms with Crippen LogP contribution in [0, 0.1) is 5.92 Å². The Kier molecular flexibility index (Phi) is 1.95. The van der Waals surface area contributed by atoms with Crippen molar-refractivity contribution < 1.29 is 4.79 Å². The Labute approximate surface area is 73.9 Å². The second-order valence-electron chi connectivity index (χ2n) is 4.36. The highest BCUT2D eigenvalue weighted by atomic mass is 16.1. The van der Waals surface area contributed by atoms with E-state index in [1.807, 2.05) is 0 Å². The first-order valence-corrected chi connectivity index (χ1v) is 4.96.